The number of aryl methyl sites for hydroxylation is 1. The average Bonchev–Trinajstić information content (AvgIpc) is 2.27. The summed E-state index contributed by atoms with van der Waals surface area (Å²) in [4.78, 5) is 6.83. The van der Waals surface area contributed by atoms with Crippen LogP contribution in [0.2, 0.25) is 0 Å². The zero-order valence-corrected chi connectivity index (χ0v) is 11.7. The zero-order valence-electron chi connectivity index (χ0n) is 11.7. The lowest BCUT2D eigenvalue weighted by Gasteiger charge is -2.31. The molecule has 1 fully saturated rings. The summed E-state index contributed by atoms with van der Waals surface area (Å²) in [5.74, 6) is 1.69. The van der Waals surface area contributed by atoms with E-state index in [-0.39, 0.29) is 6.10 Å². The van der Waals surface area contributed by atoms with E-state index in [1.54, 1.807) is 0 Å². The molecule has 1 atom stereocenters. The van der Waals surface area contributed by atoms with Gasteiger partial charge in [-0.1, -0.05) is 13.8 Å². The van der Waals surface area contributed by atoms with E-state index in [0.29, 0.717) is 5.92 Å². The van der Waals surface area contributed by atoms with Gasteiger partial charge in [0.2, 0.25) is 0 Å². The molecular weight excluding hydrogens is 224 g/mol. The third-order valence-electron chi connectivity index (χ3n) is 3.36. The van der Waals surface area contributed by atoms with Crippen molar-refractivity contribution in [2.45, 2.75) is 46.1 Å². The molecule has 1 N–H and O–H groups in total. The molecule has 1 saturated heterocycles. The van der Waals surface area contributed by atoms with Gasteiger partial charge in [-0.2, -0.15) is 0 Å². The fourth-order valence-electron chi connectivity index (χ4n) is 2.64. The molecule has 100 valence electrons. The lowest BCUT2D eigenvalue weighted by Crippen LogP contribution is -2.38. The van der Waals surface area contributed by atoms with Crippen molar-refractivity contribution in [1.29, 1.82) is 0 Å². The van der Waals surface area contributed by atoms with E-state index in [0.717, 1.165) is 43.9 Å². The molecule has 1 aliphatic rings. The van der Waals surface area contributed by atoms with Crippen molar-refractivity contribution >= 4 is 5.82 Å². The zero-order chi connectivity index (χ0) is 13.1. The number of hydrogen-bond donors (Lipinski definition) is 1. The summed E-state index contributed by atoms with van der Waals surface area (Å²) >= 11 is 0. The van der Waals surface area contributed by atoms with Crippen molar-refractivity contribution in [3.8, 4) is 0 Å². The highest BCUT2D eigenvalue weighted by molar-refractivity contribution is 5.43. The van der Waals surface area contributed by atoms with Crippen LogP contribution in [0.25, 0.3) is 0 Å². The number of rotatable bonds is 3. The molecule has 1 aromatic rings. The Morgan fingerprint density at radius 3 is 2.89 bits per heavy atom. The topological polar surface area (TPSA) is 36.4 Å². The van der Waals surface area contributed by atoms with E-state index in [4.69, 9.17) is 0 Å². The van der Waals surface area contributed by atoms with Gasteiger partial charge >= 0.3 is 0 Å². The summed E-state index contributed by atoms with van der Waals surface area (Å²) in [6.45, 7) is 8.25. The van der Waals surface area contributed by atoms with E-state index in [2.05, 4.69) is 35.9 Å². The first-order chi connectivity index (χ1) is 8.54. The Hall–Kier alpha value is -1.09. The highest BCUT2D eigenvalue weighted by atomic mass is 16.3. The summed E-state index contributed by atoms with van der Waals surface area (Å²) in [5, 5.41) is 9.76. The molecule has 0 saturated carbocycles. The summed E-state index contributed by atoms with van der Waals surface area (Å²) in [5.41, 5.74) is 2.43. The molecule has 0 spiro atoms. The van der Waals surface area contributed by atoms with Gasteiger partial charge in [0.25, 0.3) is 0 Å². The SMILES string of the molecule is Cc1cc(CC(C)C)cc(N2CCC[C@H](O)C2)n1. The number of piperidine rings is 1. The molecule has 0 unspecified atom stereocenters. The molecular formula is C15H24N2O. The van der Waals surface area contributed by atoms with E-state index >= 15 is 0 Å². The lowest BCUT2D eigenvalue weighted by molar-refractivity contribution is 0.154. The first kappa shape index (κ1) is 13.3. The molecule has 0 aliphatic carbocycles. The molecule has 1 aliphatic heterocycles. The normalized spacial score (nSPS) is 20.5. The van der Waals surface area contributed by atoms with Crippen molar-refractivity contribution in [3.63, 3.8) is 0 Å². The van der Waals surface area contributed by atoms with Crippen LogP contribution in [-0.4, -0.2) is 29.3 Å². The number of aliphatic hydroxyl groups is 1. The number of anilines is 1. The molecule has 3 heteroatoms. The van der Waals surface area contributed by atoms with Crippen LogP contribution in [0.5, 0.6) is 0 Å². The second-order valence-corrected chi connectivity index (χ2v) is 5.82. The van der Waals surface area contributed by atoms with E-state index in [1.807, 2.05) is 6.92 Å². The fourth-order valence-corrected chi connectivity index (χ4v) is 2.64. The van der Waals surface area contributed by atoms with Crippen LogP contribution in [0.4, 0.5) is 5.82 Å². The van der Waals surface area contributed by atoms with Crippen LogP contribution in [-0.2, 0) is 6.42 Å². The van der Waals surface area contributed by atoms with Crippen molar-refractivity contribution in [1.82, 2.24) is 4.98 Å². The van der Waals surface area contributed by atoms with Gasteiger partial charge in [0.15, 0.2) is 0 Å². The predicted molar refractivity (Wildman–Crippen MR) is 75.0 cm³/mol. The van der Waals surface area contributed by atoms with E-state index < -0.39 is 0 Å². The molecule has 1 aromatic heterocycles. The van der Waals surface area contributed by atoms with Crippen LogP contribution in [0.1, 0.15) is 37.9 Å². The molecule has 2 rings (SSSR count). The van der Waals surface area contributed by atoms with Gasteiger partial charge in [-0.25, -0.2) is 4.98 Å². The van der Waals surface area contributed by atoms with Gasteiger partial charge in [0.1, 0.15) is 5.82 Å². The summed E-state index contributed by atoms with van der Waals surface area (Å²) < 4.78 is 0. The third kappa shape index (κ3) is 3.45. The summed E-state index contributed by atoms with van der Waals surface area (Å²) in [7, 11) is 0. The van der Waals surface area contributed by atoms with E-state index in [9.17, 15) is 5.11 Å². The second-order valence-electron chi connectivity index (χ2n) is 5.82. The molecule has 18 heavy (non-hydrogen) atoms. The van der Waals surface area contributed by atoms with Gasteiger partial charge in [-0.05, 0) is 49.8 Å². The van der Waals surface area contributed by atoms with Crippen molar-refractivity contribution in [3.05, 3.63) is 23.4 Å². The minimum atomic E-state index is -0.199. The maximum Gasteiger partial charge on any atom is 0.129 e. The fraction of sp³-hybridized carbons (Fsp3) is 0.667. The molecule has 0 bridgehead atoms. The minimum Gasteiger partial charge on any atom is -0.391 e. The Balaban J connectivity index is 2.18. The highest BCUT2D eigenvalue weighted by Crippen LogP contribution is 2.21. The van der Waals surface area contributed by atoms with Crippen LogP contribution in [0, 0.1) is 12.8 Å². The average molecular weight is 248 g/mol. The Morgan fingerprint density at radius 1 is 1.44 bits per heavy atom. The lowest BCUT2D eigenvalue weighted by atomic mass is 10.0. The summed E-state index contributed by atoms with van der Waals surface area (Å²) in [6, 6.07) is 4.36. The predicted octanol–water partition coefficient (Wildman–Crippen LogP) is 2.55. The van der Waals surface area contributed by atoms with E-state index in [1.165, 1.54) is 5.56 Å². The van der Waals surface area contributed by atoms with Crippen molar-refractivity contribution < 1.29 is 5.11 Å². The molecule has 0 amide bonds. The number of β-amino-alcohol motifs (C(OH)–C–C–N with tert-alkyl or cyclic N) is 1. The number of pyridine rings is 1. The van der Waals surface area contributed by atoms with Crippen LogP contribution in [0.15, 0.2) is 12.1 Å². The number of hydrogen-bond acceptors (Lipinski definition) is 3. The van der Waals surface area contributed by atoms with Gasteiger partial charge < -0.3 is 10.0 Å². The van der Waals surface area contributed by atoms with Crippen molar-refractivity contribution in [2.24, 2.45) is 5.92 Å². The van der Waals surface area contributed by atoms with Crippen molar-refractivity contribution in [2.75, 3.05) is 18.0 Å². The molecule has 0 aromatic carbocycles. The Labute approximate surface area is 110 Å². The van der Waals surface area contributed by atoms with Crippen LogP contribution < -0.4 is 4.90 Å². The largest absolute Gasteiger partial charge is 0.391 e. The Morgan fingerprint density at radius 2 is 2.22 bits per heavy atom. The first-order valence-electron chi connectivity index (χ1n) is 6.95. The smallest absolute Gasteiger partial charge is 0.129 e. The first-order valence-corrected chi connectivity index (χ1v) is 6.95. The van der Waals surface area contributed by atoms with Crippen LogP contribution >= 0.6 is 0 Å². The monoisotopic (exact) mass is 248 g/mol. The standard InChI is InChI=1S/C15H24N2O/c1-11(2)7-13-8-12(3)16-15(9-13)17-6-4-5-14(18)10-17/h8-9,11,14,18H,4-7,10H2,1-3H3/t14-/m0/s1. The molecule has 3 nitrogen and oxygen atoms in total. The Kier molecular flexibility index (Phi) is 4.23. The maximum absolute atomic E-state index is 9.76. The highest BCUT2D eigenvalue weighted by Gasteiger charge is 2.19. The second kappa shape index (κ2) is 5.70. The Bertz CT molecular complexity index is 403. The quantitative estimate of drug-likeness (QED) is 0.893. The van der Waals surface area contributed by atoms with Gasteiger partial charge in [-0.15, -0.1) is 0 Å². The number of aliphatic hydroxyl groups excluding tert-OH is 1. The van der Waals surface area contributed by atoms with Crippen LogP contribution in [0.3, 0.4) is 0 Å². The third-order valence-corrected chi connectivity index (χ3v) is 3.36. The maximum atomic E-state index is 9.76. The van der Waals surface area contributed by atoms with Gasteiger partial charge in [0.05, 0.1) is 6.10 Å². The van der Waals surface area contributed by atoms with Gasteiger partial charge in [0, 0.05) is 18.8 Å². The molecule has 2 heterocycles. The molecule has 0 radical (unpaired) electrons. The minimum absolute atomic E-state index is 0.199. The number of nitrogens with zero attached hydrogens (tertiary/aromatic N) is 2. The summed E-state index contributed by atoms with van der Waals surface area (Å²) in [6.07, 6.45) is 2.86. The number of aromatic nitrogens is 1. The van der Waals surface area contributed by atoms with Gasteiger partial charge in [-0.3, -0.25) is 0 Å².